The largest absolute Gasteiger partial charge is 0.383 e. The number of aryl methyl sites for hydroxylation is 1. The van der Waals surface area contributed by atoms with Crippen molar-refractivity contribution in [3.05, 3.63) is 29.3 Å². The van der Waals surface area contributed by atoms with Gasteiger partial charge in [0, 0.05) is 26.7 Å². The van der Waals surface area contributed by atoms with Crippen LogP contribution in [0.15, 0.2) is 23.1 Å². The first-order valence-corrected chi connectivity index (χ1v) is 8.70. The van der Waals surface area contributed by atoms with Gasteiger partial charge in [-0.3, -0.25) is 0 Å². The second-order valence-corrected chi connectivity index (χ2v) is 6.72. The van der Waals surface area contributed by atoms with Crippen LogP contribution in [0.4, 0.5) is 0 Å². The summed E-state index contributed by atoms with van der Waals surface area (Å²) in [7, 11) is -0.0604. The van der Waals surface area contributed by atoms with Crippen LogP contribution in [0.25, 0.3) is 0 Å². The van der Waals surface area contributed by atoms with Gasteiger partial charge in [-0.05, 0) is 30.7 Å². The third-order valence-electron chi connectivity index (χ3n) is 3.41. The first-order chi connectivity index (χ1) is 10.0. The molecule has 0 saturated carbocycles. The van der Waals surface area contributed by atoms with E-state index in [9.17, 15) is 8.42 Å². The van der Waals surface area contributed by atoms with E-state index in [1.807, 2.05) is 33.0 Å². The molecule has 0 amide bonds. The SMILES string of the molecule is CCc1ccc(CNC)cc1S(=O)(=O)N(CC)CCOC. The van der Waals surface area contributed by atoms with Crippen LogP contribution in [-0.2, 0) is 27.7 Å². The lowest BCUT2D eigenvalue weighted by Crippen LogP contribution is -2.34. The van der Waals surface area contributed by atoms with Crippen LogP contribution in [-0.4, -0.2) is 46.6 Å². The Kier molecular flexibility index (Phi) is 7.31. The zero-order valence-electron chi connectivity index (χ0n) is 13.3. The lowest BCUT2D eigenvalue weighted by molar-refractivity contribution is 0.180. The predicted octanol–water partition coefficient (Wildman–Crippen LogP) is 1.63. The van der Waals surface area contributed by atoms with Gasteiger partial charge >= 0.3 is 0 Å². The third-order valence-corrected chi connectivity index (χ3v) is 5.47. The minimum Gasteiger partial charge on any atom is -0.383 e. The monoisotopic (exact) mass is 314 g/mol. The zero-order chi connectivity index (χ0) is 15.9. The van der Waals surface area contributed by atoms with Gasteiger partial charge in [0.2, 0.25) is 10.0 Å². The average Bonchev–Trinajstić information content (AvgIpc) is 2.48. The fourth-order valence-corrected chi connectivity index (χ4v) is 4.00. The van der Waals surface area contributed by atoms with Crippen molar-refractivity contribution in [3.63, 3.8) is 0 Å². The third kappa shape index (κ3) is 4.51. The van der Waals surface area contributed by atoms with E-state index in [0.717, 1.165) is 11.1 Å². The van der Waals surface area contributed by atoms with E-state index < -0.39 is 10.0 Å². The van der Waals surface area contributed by atoms with Crippen molar-refractivity contribution < 1.29 is 13.2 Å². The molecule has 6 heteroatoms. The molecule has 0 aliphatic rings. The van der Waals surface area contributed by atoms with Crippen molar-refractivity contribution in [2.75, 3.05) is 33.9 Å². The highest BCUT2D eigenvalue weighted by Crippen LogP contribution is 2.22. The molecule has 5 nitrogen and oxygen atoms in total. The lowest BCUT2D eigenvalue weighted by Gasteiger charge is -2.22. The van der Waals surface area contributed by atoms with Crippen molar-refractivity contribution >= 4 is 10.0 Å². The summed E-state index contributed by atoms with van der Waals surface area (Å²) in [5.74, 6) is 0. The minimum absolute atomic E-state index is 0.370. The van der Waals surface area contributed by atoms with E-state index in [-0.39, 0.29) is 0 Å². The summed E-state index contributed by atoms with van der Waals surface area (Å²) in [6, 6.07) is 5.66. The van der Waals surface area contributed by atoms with Gasteiger partial charge in [0.05, 0.1) is 11.5 Å². The molecule has 0 aliphatic heterocycles. The fraction of sp³-hybridized carbons (Fsp3) is 0.600. The Balaban J connectivity index is 3.23. The molecule has 1 aromatic rings. The van der Waals surface area contributed by atoms with Crippen LogP contribution < -0.4 is 5.32 Å². The van der Waals surface area contributed by atoms with Crippen LogP contribution >= 0.6 is 0 Å². The Labute approximate surface area is 128 Å². The molecule has 1 N–H and O–H groups in total. The molecule has 0 unspecified atom stereocenters. The van der Waals surface area contributed by atoms with Gasteiger partial charge in [-0.25, -0.2) is 8.42 Å². The van der Waals surface area contributed by atoms with Gasteiger partial charge in [0.15, 0.2) is 0 Å². The molecule has 0 atom stereocenters. The Morgan fingerprint density at radius 3 is 2.52 bits per heavy atom. The highest BCUT2D eigenvalue weighted by atomic mass is 32.2. The topological polar surface area (TPSA) is 58.6 Å². The second kappa shape index (κ2) is 8.48. The zero-order valence-corrected chi connectivity index (χ0v) is 14.2. The molecule has 0 bridgehead atoms. The van der Waals surface area contributed by atoms with Crippen LogP contribution in [0, 0.1) is 0 Å². The predicted molar refractivity (Wildman–Crippen MR) is 84.9 cm³/mol. The van der Waals surface area contributed by atoms with Gasteiger partial charge in [-0.1, -0.05) is 26.0 Å². The van der Waals surface area contributed by atoms with Crippen LogP contribution in [0.2, 0.25) is 0 Å². The summed E-state index contributed by atoms with van der Waals surface area (Å²) in [6.07, 6.45) is 0.691. The number of rotatable bonds is 9. The van der Waals surface area contributed by atoms with Crippen molar-refractivity contribution in [3.8, 4) is 0 Å². The molecule has 0 aliphatic carbocycles. The Hall–Kier alpha value is -0.950. The maximum atomic E-state index is 12.9. The van der Waals surface area contributed by atoms with E-state index in [0.29, 0.717) is 37.6 Å². The first-order valence-electron chi connectivity index (χ1n) is 7.26. The van der Waals surface area contributed by atoms with Crippen molar-refractivity contribution in [1.82, 2.24) is 9.62 Å². The van der Waals surface area contributed by atoms with E-state index >= 15 is 0 Å². The Bertz CT molecular complexity index is 544. The average molecular weight is 314 g/mol. The van der Waals surface area contributed by atoms with Gasteiger partial charge < -0.3 is 10.1 Å². The molecular formula is C15H26N2O3S. The minimum atomic E-state index is -3.48. The number of hydrogen-bond donors (Lipinski definition) is 1. The molecule has 1 rings (SSSR count). The van der Waals surface area contributed by atoms with Crippen molar-refractivity contribution in [2.24, 2.45) is 0 Å². The van der Waals surface area contributed by atoms with E-state index in [4.69, 9.17) is 4.74 Å². The standard InChI is InChI=1S/C15H26N2O3S/c1-5-14-8-7-13(12-16-3)11-15(14)21(18,19)17(6-2)9-10-20-4/h7-8,11,16H,5-6,9-10,12H2,1-4H3. The molecule has 0 heterocycles. The summed E-state index contributed by atoms with van der Waals surface area (Å²) in [5, 5.41) is 3.05. The van der Waals surface area contributed by atoms with Crippen LogP contribution in [0.3, 0.4) is 0 Å². The molecular weight excluding hydrogens is 288 g/mol. The van der Waals surface area contributed by atoms with E-state index in [1.165, 1.54) is 4.31 Å². The van der Waals surface area contributed by atoms with Gasteiger partial charge in [0.1, 0.15) is 0 Å². The Morgan fingerprint density at radius 2 is 2.00 bits per heavy atom. The number of sulfonamides is 1. The van der Waals surface area contributed by atoms with Crippen molar-refractivity contribution in [1.29, 1.82) is 0 Å². The van der Waals surface area contributed by atoms with Crippen LogP contribution in [0.1, 0.15) is 25.0 Å². The molecule has 0 spiro atoms. The Morgan fingerprint density at radius 1 is 1.29 bits per heavy atom. The highest BCUT2D eigenvalue weighted by Gasteiger charge is 2.25. The summed E-state index contributed by atoms with van der Waals surface area (Å²) >= 11 is 0. The number of likely N-dealkylation sites (N-methyl/N-ethyl adjacent to an activating group) is 1. The maximum Gasteiger partial charge on any atom is 0.243 e. The quantitative estimate of drug-likeness (QED) is 0.752. The summed E-state index contributed by atoms with van der Waals surface area (Å²) in [5.41, 5.74) is 1.82. The lowest BCUT2D eigenvalue weighted by atomic mass is 10.1. The second-order valence-electron chi connectivity index (χ2n) is 4.82. The maximum absolute atomic E-state index is 12.9. The highest BCUT2D eigenvalue weighted by molar-refractivity contribution is 7.89. The molecule has 0 saturated heterocycles. The number of methoxy groups -OCH3 is 1. The number of nitrogens with one attached hydrogen (secondary N) is 1. The molecule has 21 heavy (non-hydrogen) atoms. The smallest absolute Gasteiger partial charge is 0.243 e. The fourth-order valence-electron chi connectivity index (χ4n) is 2.23. The summed E-state index contributed by atoms with van der Waals surface area (Å²) < 4.78 is 32.2. The van der Waals surface area contributed by atoms with E-state index in [1.54, 1.807) is 13.2 Å². The number of ether oxygens (including phenoxy) is 1. The number of benzene rings is 1. The molecule has 120 valence electrons. The van der Waals surface area contributed by atoms with Crippen molar-refractivity contribution in [2.45, 2.75) is 31.7 Å². The normalized spacial score (nSPS) is 12.0. The molecule has 1 aromatic carbocycles. The molecule has 0 radical (unpaired) electrons. The van der Waals surface area contributed by atoms with Gasteiger partial charge in [-0.15, -0.1) is 0 Å². The van der Waals surface area contributed by atoms with Gasteiger partial charge in [0.25, 0.3) is 0 Å². The molecule has 0 aromatic heterocycles. The summed E-state index contributed by atoms with van der Waals surface area (Å²) in [6.45, 7) is 5.66. The molecule has 0 fully saturated rings. The first kappa shape index (κ1) is 18.1. The van der Waals surface area contributed by atoms with E-state index in [2.05, 4.69) is 5.32 Å². The van der Waals surface area contributed by atoms with Gasteiger partial charge in [-0.2, -0.15) is 4.31 Å². The number of nitrogens with zero attached hydrogens (tertiary/aromatic N) is 1. The number of hydrogen-bond acceptors (Lipinski definition) is 4. The van der Waals surface area contributed by atoms with Crippen LogP contribution in [0.5, 0.6) is 0 Å². The summed E-state index contributed by atoms with van der Waals surface area (Å²) in [4.78, 5) is 0.413.